The lowest BCUT2D eigenvalue weighted by Crippen LogP contribution is -2.52. The molecule has 0 saturated carbocycles. The van der Waals surface area contributed by atoms with E-state index in [1.807, 2.05) is 30.3 Å². The second-order valence-corrected chi connectivity index (χ2v) is 9.16. The Kier molecular flexibility index (Phi) is 6.26. The molecule has 3 aromatic rings. The Morgan fingerprint density at radius 1 is 1.16 bits per heavy atom. The summed E-state index contributed by atoms with van der Waals surface area (Å²) in [6, 6.07) is 16.7. The number of para-hydroxylation sites is 1. The largest absolute Gasteiger partial charge is 0.342 e. The van der Waals surface area contributed by atoms with Gasteiger partial charge in [0.1, 0.15) is 0 Å². The van der Waals surface area contributed by atoms with E-state index < -0.39 is 0 Å². The molecule has 1 unspecified atom stereocenters. The first-order chi connectivity index (χ1) is 15.7. The second kappa shape index (κ2) is 9.45. The summed E-state index contributed by atoms with van der Waals surface area (Å²) in [6.07, 6.45) is 6.33. The van der Waals surface area contributed by atoms with Crippen molar-refractivity contribution in [1.29, 1.82) is 0 Å². The van der Waals surface area contributed by atoms with E-state index in [1.54, 1.807) is 6.21 Å². The summed E-state index contributed by atoms with van der Waals surface area (Å²) in [4.78, 5) is 17.2. The minimum absolute atomic E-state index is 0.0598. The Morgan fingerprint density at radius 2 is 2.06 bits per heavy atom. The van der Waals surface area contributed by atoms with Crippen LogP contribution in [-0.2, 0) is 11.3 Å². The summed E-state index contributed by atoms with van der Waals surface area (Å²) in [6.45, 7) is 5.32. The summed E-state index contributed by atoms with van der Waals surface area (Å²) in [5, 5.41) is 6.10. The minimum Gasteiger partial charge on any atom is -0.342 e. The van der Waals surface area contributed by atoms with E-state index in [4.69, 9.17) is 11.6 Å². The number of carbonyl (C=O) groups is 1. The molecule has 1 amide bonds. The smallest absolute Gasteiger partial charge is 0.254 e. The van der Waals surface area contributed by atoms with Crippen LogP contribution in [0.25, 0.3) is 10.9 Å². The lowest BCUT2D eigenvalue weighted by Gasteiger charge is -2.36. The van der Waals surface area contributed by atoms with E-state index in [-0.39, 0.29) is 5.91 Å². The van der Waals surface area contributed by atoms with Crippen LogP contribution in [0.5, 0.6) is 0 Å². The molecule has 2 aromatic carbocycles. The predicted molar refractivity (Wildman–Crippen MR) is 129 cm³/mol. The number of hydrazone groups is 1. The highest BCUT2D eigenvalue weighted by atomic mass is 35.5. The van der Waals surface area contributed by atoms with Gasteiger partial charge < -0.3 is 4.57 Å². The zero-order chi connectivity index (χ0) is 21.9. The molecular formula is C25H28ClN5O. The Labute approximate surface area is 193 Å². The van der Waals surface area contributed by atoms with Crippen LogP contribution in [0, 0.1) is 0 Å². The molecule has 0 aliphatic carbocycles. The quantitative estimate of drug-likeness (QED) is 0.462. The van der Waals surface area contributed by atoms with Crippen LogP contribution >= 0.6 is 11.6 Å². The Bertz CT molecular complexity index is 1140. The summed E-state index contributed by atoms with van der Waals surface area (Å²) in [5.74, 6) is -0.0598. The predicted octanol–water partition coefficient (Wildman–Crippen LogP) is 3.57. The summed E-state index contributed by atoms with van der Waals surface area (Å²) < 4.78 is 2.19. The fourth-order valence-corrected chi connectivity index (χ4v) is 5.17. The molecule has 2 saturated heterocycles. The Hall–Kier alpha value is -2.67. The molecule has 6 nitrogen and oxygen atoms in total. The van der Waals surface area contributed by atoms with Crippen molar-refractivity contribution in [3.05, 3.63) is 70.9 Å². The van der Waals surface area contributed by atoms with Gasteiger partial charge in [-0.25, -0.2) is 5.43 Å². The van der Waals surface area contributed by atoms with Crippen LogP contribution in [0.3, 0.4) is 0 Å². The molecule has 5 rings (SSSR count). The highest BCUT2D eigenvalue weighted by Gasteiger charge is 2.30. The second-order valence-electron chi connectivity index (χ2n) is 8.72. The molecule has 1 aromatic heterocycles. The highest BCUT2D eigenvalue weighted by Crippen LogP contribution is 2.23. The first-order valence-corrected chi connectivity index (χ1v) is 11.6. The van der Waals surface area contributed by atoms with Crippen molar-refractivity contribution in [2.75, 3.05) is 32.7 Å². The van der Waals surface area contributed by atoms with Crippen molar-refractivity contribution in [2.45, 2.75) is 25.4 Å². The van der Waals surface area contributed by atoms with Gasteiger partial charge in [0.05, 0.1) is 12.8 Å². The number of nitrogens with zero attached hydrogens (tertiary/aromatic N) is 4. The van der Waals surface area contributed by atoms with Crippen molar-refractivity contribution in [3.63, 3.8) is 0 Å². The van der Waals surface area contributed by atoms with Gasteiger partial charge in [0.15, 0.2) is 0 Å². The maximum atomic E-state index is 12.4. The highest BCUT2D eigenvalue weighted by molar-refractivity contribution is 6.30. The fraction of sp³-hybridized carbons (Fsp3) is 0.360. The van der Waals surface area contributed by atoms with Gasteiger partial charge in [0, 0.05) is 59.9 Å². The van der Waals surface area contributed by atoms with Crippen LogP contribution in [0.1, 0.15) is 24.0 Å². The molecule has 32 heavy (non-hydrogen) atoms. The summed E-state index contributed by atoms with van der Waals surface area (Å²) in [5.41, 5.74) is 5.95. The molecule has 0 spiro atoms. The van der Waals surface area contributed by atoms with Gasteiger partial charge >= 0.3 is 0 Å². The van der Waals surface area contributed by atoms with E-state index >= 15 is 0 Å². The van der Waals surface area contributed by atoms with Gasteiger partial charge in [0.25, 0.3) is 5.91 Å². The average Bonchev–Trinajstić information content (AvgIpc) is 3.39. The number of benzene rings is 2. The maximum Gasteiger partial charge on any atom is 0.254 e. The lowest BCUT2D eigenvalue weighted by atomic mass is 10.1. The normalized spacial score (nSPS) is 19.6. The van der Waals surface area contributed by atoms with Gasteiger partial charge in [-0.05, 0) is 43.1 Å². The van der Waals surface area contributed by atoms with E-state index in [0.29, 0.717) is 19.1 Å². The zero-order valence-electron chi connectivity index (χ0n) is 18.1. The van der Waals surface area contributed by atoms with Gasteiger partial charge in [-0.3, -0.25) is 14.6 Å². The molecule has 2 aliphatic heterocycles. The van der Waals surface area contributed by atoms with Crippen molar-refractivity contribution >= 4 is 34.6 Å². The molecule has 166 valence electrons. The van der Waals surface area contributed by atoms with Gasteiger partial charge in [-0.2, -0.15) is 5.10 Å². The average molecular weight is 450 g/mol. The number of carbonyl (C=O) groups excluding carboxylic acids is 1. The molecular weight excluding hydrogens is 422 g/mol. The van der Waals surface area contributed by atoms with Crippen LogP contribution in [-0.4, -0.2) is 65.3 Å². The van der Waals surface area contributed by atoms with E-state index in [9.17, 15) is 4.79 Å². The van der Waals surface area contributed by atoms with E-state index in [0.717, 1.165) is 46.7 Å². The Morgan fingerprint density at radius 3 is 2.97 bits per heavy atom. The third-order valence-electron chi connectivity index (χ3n) is 6.49. The standard InChI is InChI=1S/C25H28ClN5O/c26-21-6-3-5-19(13-21)15-31-16-20(23-8-1-2-9-24(23)31)14-27-28-25(32)18-29-11-12-30-10-4-7-22(30)17-29/h1-3,5-6,8-9,13-14,16,22H,4,7,10-12,15,17-18H2,(H,28,32)/b27-14+. The summed E-state index contributed by atoms with van der Waals surface area (Å²) >= 11 is 6.15. The third-order valence-corrected chi connectivity index (χ3v) is 6.73. The fourth-order valence-electron chi connectivity index (χ4n) is 4.95. The molecule has 0 bridgehead atoms. The van der Waals surface area contributed by atoms with Crippen molar-refractivity contribution < 1.29 is 4.79 Å². The number of fused-ring (bicyclic) bond motifs is 2. The number of amides is 1. The minimum atomic E-state index is -0.0598. The monoisotopic (exact) mass is 449 g/mol. The van der Waals surface area contributed by atoms with Crippen molar-refractivity contribution in [3.8, 4) is 0 Å². The van der Waals surface area contributed by atoms with Gasteiger partial charge in [-0.15, -0.1) is 0 Å². The lowest BCUT2D eigenvalue weighted by molar-refractivity contribution is -0.122. The zero-order valence-corrected chi connectivity index (χ0v) is 18.8. The number of halogens is 1. The molecule has 3 heterocycles. The number of aromatic nitrogens is 1. The number of rotatable bonds is 6. The van der Waals surface area contributed by atoms with Crippen molar-refractivity contribution in [1.82, 2.24) is 19.8 Å². The molecule has 1 atom stereocenters. The number of piperazine rings is 1. The number of hydrogen-bond donors (Lipinski definition) is 1. The summed E-state index contributed by atoms with van der Waals surface area (Å²) in [7, 11) is 0. The van der Waals surface area contributed by atoms with Crippen LogP contribution in [0.4, 0.5) is 0 Å². The first kappa shape index (κ1) is 21.2. The maximum absolute atomic E-state index is 12.4. The van der Waals surface area contributed by atoms with E-state index in [2.05, 4.69) is 49.3 Å². The molecule has 0 radical (unpaired) electrons. The van der Waals surface area contributed by atoms with Crippen LogP contribution in [0.2, 0.25) is 5.02 Å². The number of hydrogen-bond acceptors (Lipinski definition) is 4. The van der Waals surface area contributed by atoms with Crippen LogP contribution < -0.4 is 5.43 Å². The van der Waals surface area contributed by atoms with Crippen molar-refractivity contribution in [2.24, 2.45) is 5.10 Å². The first-order valence-electron chi connectivity index (χ1n) is 11.3. The Balaban J connectivity index is 1.24. The molecule has 2 aliphatic rings. The molecule has 2 fully saturated rings. The SMILES string of the molecule is O=C(CN1CCN2CCCC2C1)N/N=C/c1cn(Cc2cccc(Cl)c2)c2ccccc12. The molecule has 1 N–H and O–H groups in total. The van der Waals surface area contributed by atoms with Gasteiger partial charge in [-0.1, -0.05) is 41.9 Å². The topological polar surface area (TPSA) is 52.9 Å². The van der Waals surface area contributed by atoms with E-state index in [1.165, 1.54) is 19.4 Å². The number of nitrogens with one attached hydrogen (secondary N) is 1. The van der Waals surface area contributed by atoms with Gasteiger partial charge in [0.2, 0.25) is 0 Å². The molecule has 7 heteroatoms. The third kappa shape index (κ3) is 4.72. The van der Waals surface area contributed by atoms with Crippen LogP contribution in [0.15, 0.2) is 59.8 Å².